The van der Waals surface area contributed by atoms with Gasteiger partial charge < -0.3 is 9.88 Å². The van der Waals surface area contributed by atoms with Gasteiger partial charge in [-0.25, -0.2) is 4.98 Å². The molecule has 0 aliphatic carbocycles. The van der Waals surface area contributed by atoms with Gasteiger partial charge in [-0.3, -0.25) is 0 Å². The van der Waals surface area contributed by atoms with E-state index in [4.69, 9.17) is 0 Å². The fourth-order valence-electron chi connectivity index (χ4n) is 2.81. The SMILES string of the molecule is CC(NCC1(C)CCCS1)c1ccc(-n2ccnc2)cc1. The second-order valence-electron chi connectivity index (χ2n) is 6.07. The van der Waals surface area contributed by atoms with E-state index in [1.165, 1.54) is 24.2 Å². The Morgan fingerprint density at radius 1 is 1.38 bits per heavy atom. The van der Waals surface area contributed by atoms with Gasteiger partial charge in [-0.1, -0.05) is 12.1 Å². The van der Waals surface area contributed by atoms with E-state index in [0.29, 0.717) is 10.8 Å². The van der Waals surface area contributed by atoms with Gasteiger partial charge in [0.15, 0.2) is 0 Å². The van der Waals surface area contributed by atoms with Gasteiger partial charge in [0.05, 0.1) is 6.33 Å². The van der Waals surface area contributed by atoms with Crippen LogP contribution in [0, 0.1) is 0 Å². The topological polar surface area (TPSA) is 29.9 Å². The average molecular weight is 301 g/mol. The number of thioether (sulfide) groups is 1. The van der Waals surface area contributed by atoms with Crippen LogP contribution in [0.3, 0.4) is 0 Å². The van der Waals surface area contributed by atoms with E-state index in [1.54, 1.807) is 6.20 Å². The van der Waals surface area contributed by atoms with E-state index < -0.39 is 0 Å². The van der Waals surface area contributed by atoms with Crippen molar-refractivity contribution in [2.75, 3.05) is 12.3 Å². The minimum atomic E-state index is 0.389. The number of hydrogen-bond acceptors (Lipinski definition) is 3. The Bertz CT molecular complexity index is 556. The molecule has 1 fully saturated rings. The molecule has 0 spiro atoms. The van der Waals surface area contributed by atoms with Gasteiger partial charge in [-0.2, -0.15) is 11.8 Å². The maximum atomic E-state index is 4.09. The van der Waals surface area contributed by atoms with Crippen molar-refractivity contribution in [1.82, 2.24) is 14.9 Å². The molecule has 3 rings (SSSR count). The van der Waals surface area contributed by atoms with Crippen molar-refractivity contribution in [2.24, 2.45) is 0 Å². The highest BCUT2D eigenvalue weighted by molar-refractivity contribution is 8.00. The third-order valence-electron chi connectivity index (χ3n) is 4.28. The van der Waals surface area contributed by atoms with Gasteiger partial charge >= 0.3 is 0 Å². The molecule has 1 N–H and O–H groups in total. The van der Waals surface area contributed by atoms with Crippen LogP contribution >= 0.6 is 11.8 Å². The van der Waals surface area contributed by atoms with Crippen molar-refractivity contribution in [3.05, 3.63) is 48.5 Å². The molecule has 2 atom stereocenters. The first-order valence-electron chi connectivity index (χ1n) is 7.62. The minimum absolute atomic E-state index is 0.389. The average Bonchev–Trinajstić information content (AvgIpc) is 3.17. The summed E-state index contributed by atoms with van der Waals surface area (Å²) in [5.41, 5.74) is 2.49. The zero-order chi connectivity index (χ0) is 14.7. The zero-order valence-corrected chi connectivity index (χ0v) is 13.6. The number of benzene rings is 1. The lowest BCUT2D eigenvalue weighted by Gasteiger charge is -2.26. The summed E-state index contributed by atoms with van der Waals surface area (Å²) in [6.45, 7) is 5.71. The second-order valence-corrected chi connectivity index (χ2v) is 7.75. The van der Waals surface area contributed by atoms with E-state index in [9.17, 15) is 0 Å². The molecular formula is C17H23N3S. The fourth-order valence-corrected chi connectivity index (χ4v) is 4.07. The Morgan fingerprint density at radius 3 is 2.81 bits per heavy atom. The molecular weight excluding hydrogens is 278 g/mol. The maximum Gasteiger partial charge on any atom is 0.0991 e. The number of rotatable bonds is 5. The van der Waals surface area contributed by atoms with Crippen molar-refractivity contribution < 1.29 is 0 Å². The highest BCUT2D eigenvalue weighted by Crippen LogP contribution is 2.37. The predicted octanol–water partition coefficient (Wildman–Crippen LogP) is 3.81. The van der Waals surface area contributed by atoms with Gasteiger partial charge in [0, 0.05) is 35.4 Å². The van der Waals surface area contributed by atoms with Crippen LogP contribution in [-0.4, -0.2) is 26.6 Å². The lowest BCUT2D eigenvalue weighted by molar-refractivity contribution is 0.490. The van der Waals surface area contributed by atoms with E-state index >= 15 is 0 Å². The van der Waals surface area contributed by atoms with Crippen molar-refractivity contribution in [2.45, 2.75) is 37.5 Å². The molecule has 1 saturated heterocycles. The Hall–Kier alpha value is -1.26. The molecule has 1 aromatic heterocycles. The van der Waals surface area contributed by atoms with Crippen LogP contribution < -0.4 is 5.32 Å². The zero-order valence-electron chi connectivity index (χ0n) is 12.7. The van der Waals surface area contributed by atoms with Crippen molar-refractivity contribution in [1.29, 1.82) is 0 Å². The molecule has 1 aliphatic heterocycles. The fraction of sp³-hybridized carbons (Fsp3) is 0.471. The van der Waals surface area contributed by atoms with Gasteiger partial charge in [-0.15, -0.1) is 0 Å². The van der Waals surface area contributed by atoms with Crippen LogP contribution in [0.25, 0.3) is 5.69 Å². The van der Waals surface area contributed by atoms with Crippen LogP contribution in [0.1, 0.15) is 38.3 Å². The van der Waals surface area contributed by atoms with Gasteiger partial charge in [-0.05, 0) is 50.1 Å². The van der Waals surface area contributed by atoms with Crippen LogP contribution in [0.4, 0.5) is 0 Å². The Kier molecular flexibility index (Phi) is 4.36. The van der Waals surface area contributed by atoms with Crippen LogP contribution in [0.2, 0.25) is 0 Å². The third-order valence-corrected chi connectivity index (χ3v) is 5.82. The molecule has 0 amide bonds. The summed E-state index contributed by atoms with van der Waals surface area (Å²) in [7, 11) is 0. The molecule has 1 aliphatic rings. The number of imidazole rings is 1. The van der Waals surface area contributed by atoms with Crippen LogP contribution in [-0.2, 0) is 0 Å². The summed E-state index contributed by atoms with van der Waals surface area (Å²) in [5.74, 6) is 1.31. The number of hydrogen-bond donors (Lipinski definition) is 1. The Labute approximate surface area is 131 Å². The molecule has 1 aromatic carbocycles. The van der Waals surface area contributed by atoms with Gasteiger partial charge in [0.1, 0.15) is 0 Å². The molecule has 2 aromatic rings. The van der Waals surface area contributed by atoms with Crippen LogP contribution in [0.15, 0.2) is 43.0 Å². The maximum absolute atomic E-state index is 4.09. The monoisotopic (exact) mass is 301 g/mol. The van der Waals surface area contributed by atoms with Crippen molar-refractivity contribution >= 4 is 11.8 Å². The molecule has 0 saturated carbocycles. The van der Waals surface area contributed by atoms with Crippen LogP contribution in [0.5, 0.6) is 0 Å². The molecule has 3 nitrogen and oxygen atoms in total. The van der Waals surface area contributed by atoms with Crippen molar-refractivity contribution in [3.8, 4) is 5.69 Å². The molecule has 21 heavy (non-hydrogen) atoms. The first kappa shape index (κ1) is 14.7. The first-order valence-corrected chi connectivity index (χ1v) is 8.60. The number of nitrogens with zero attached hydrogens (tertiary/aromatic N) is 2. The number of aromatic nitrogens is 2. The summed E-state index contributed by atoms with van der Waals surface area (Å²) in [6.07, 6.45) is 8.29. The molecule has 2 heterocycles. The highest BCUT2D eigenvalue weighted by atomic mass is 32.2. The Morgan fingerprint density at radius 2 is 2.19 bits per heavy atom. The third kappa shape index (κ3) is 3.50. The summed E-state index contributed by atoms with van der Waals surface area (Å²) in [4.78, 5) is 4.09. The first-order chi connectivity index (χ1) is 10.2. The molecule has 0 radical (unpaired) electrons. The summed E-state index contributed by atoms with van der Waals surface area (Å²) in [6, 6.07) is 9.11. The summed E-state index contributed by atoms with van der Waals surface area (Å²) >= 11 is 2.11. The van der Waals surface area contributed by atoms with Crippen molar-refractivity contribution in [3.63, 3.8) is 0 Å². The quantitative estimate of drug-likeness (QED) is 0.911. The second kappa shape index (κ2) is 6.24. The minimum Gasteiger partial charge on any atom is -0.309 e. The van der Waals surface area contributed by atoms with E-state index in [0.717, 1.165) is 12.2 Å². The molecule has 0 bridgehead atoms. The predicted molar refractivity (Wildman–Crippen MR) is 90.1 cm³/mol. The number of nitrogens with one attached hydrogen (secondary N) is 1. The molecule has 2 unspecified atom stereocenters. The van der Waals surface area contributed by atoms with E-state index in [-0.39, 0.29) is 0 Å². The van der Waals surface area contributed by atoms with E-state index in [1.807, 2.05) is 17.1 Å². The summed E-state index contributed by atoms with van der Waals surface area (Å²) < 4.78 is 2.45. The largest absolute Gasteiger partial charge is 0.309 e. The highest BCUT2D eigenvalue weighted by Gasteiger charge is 2.29. The van der Waals surface area contributed by atoms with E-state index in [2.05, 4.69) is 60.2 Å². The molecule has 4 heteroatoms. The smallest absolute Gasteiger partial charge is 0.0991 e. The summed E-state index contributed by atoms with van der Waals surface area (Å²) in [5, 5.41) is 3.70. The normalized spacial score (nSPS) is 23.3. The molecule has 112 valence electrons. The Balaban J connectivity index is 1.61. The lowest BCUT2D eigenvalue weighted by Crippen LogP contribution is -2.34. The van der Waals surface area contributed by atoms with Gasteiger partial charge in [0.2, 0.25) is 0 Å². The standard InChI is InChI=1S/C17H23N3S/c1-14(19-12-17(2)8-3-11-21-17)15-4-6-16(7-5-15)20-10-9-18-13-20/h4-7,9-10,13-14,19H,3,8,11-12H2,1-2H3. The van der Waals surface area contributed by atoms with Gasteiger partial charge in [0.25, 0.3) is 0 Å². The lowest BCUT2D eigenvalue weighted by atomic mass is 10.0.